The first-order valence-electron chi connectivity index (χ1n) is 11.8. The quantitative estimate of drug-likeness (QED) is 0.226. The van der Waals surface area contributed by atoms with Crippen molar-refractivity contribution in [2.24, 2.45) is 17.6 Å². The van der Waals surface area contributed by atoms with Crippen LogP contribution in [-0.4, -0.2) is 68.5 Å². The van der Waals surface area contributed by atoms with Crippen LogP contribution < -0.4 is 5.73 Å². The van der Waals surface area contributed by atoms with Crippen molar-refractivity contribution >= 4 is 23.2 Å². The number of nitriles is 1. The molecule has 192 valence electrons. The zero-order valence-corrected chi connectivity index (χ0v) is 20.4. The molecule has 0 aliphatic heterocycles. The Balaban J connectivity index is 1.88. The second-order valence-electron chi connectivity index (χ2n) is 9.76. The Morgan fingerprint density at radius 3 is 2.54 bits per heavy atom. The number of amides is 1. The number of unbranched alkanes of at least 4 members (excludes halogenated alkanes) is 2. The molecular formula is C27H27N3O7. The number of aliphatic hydroxyl groups is 3. The number of ketones is 2. The topological polar surface area (TPSA) is 185 Å². The number of nitrogens with zero attached hydrogens (tertiary/aromatic N) is 2. The molecule has 1 aromatic rings. The number of nitrogens with two attached hydrogens (primary N) is 1. The van der Waals surface area contributed by atoms with Gasteiger partial charge in [0.2, 0.25) is 5.78 Å². The van der Waals surface area contributed by atoms with Crippen molar-refractivity contribution in [2.75, 3.05) is 14.1 Å². The number of carbonyl (C=O) groups is 3. The van der Waals surface area contributed by atoms with E-state index in [1.54, 1.807) is 20.2 Å². The first kappa shape index (κ1) is 26.0. The fourth-order valence-corrected chi connectivity index (χ4v) is 5.77. The Labute approximate surface area is 213 Å². The third-order valence-corrected chi connectivity index (χ3v) is 7.42. The minimum atomic E-state index is -2.67. The van der Waals surface area contributed by atoms with Gasteiger partial charge in [-0.25, -0.2) is 0 Å². The Morgan fingerprint density at radius 1 is 1.22 bits per heavy atom. The van der Waals surface area contributed by atoms with Gasteiger partial charge in [0, 0.05) is 29.9 Å². The van der Waals surface area contributed by atoms with E-state index >= 15 is 0 Å². The molecule has 3 aliphatic rings. The Hall–Kier alpha value is -4.12. The molecule has 0 spiro atoms. The van der Waals surface area contributed by atoms with E-state index in [4.69, 9.17) is 11.0 Å². The van der Waals surface area contributed by atoms with Crippen molar-refractivity contribution in [3.05, 3.63) is 45.7 Å². The van der Waals surface area contributed by atoms with Gasteiger partial charge in [-0.05, 0) is 57.0 Å². The molecule has 0 aromatic heterocycles. The van der Waals surface area contributed by atoms with E-state index in [2.05, 4.69) is 17.9 Å². The number of aromatic hydroxyl groups is 1. The van der Waals surface area contributed by atoms with Gasteiger partial charge >= 0.3 is 0 Å². The third-order valence-electron chi connectivity index (χ3n) is 7.42. The minimum Gasteiger partial charge on any atom is -0.508 e. The van der Waals surface area contributed by atoms with Gasteiger partial charge in [0.1, 0.15) is 22.8 Å². The Morgan fingerprint density at radius 2 is 1.92 bits per heavy atom. The highest BCUT2D eigenvalue weighted by atomic mass is 16.3. The van der Waals surface area contributed by atoms with E-state index < -0.39 is 58.0 Å². The molecule has 0 bridgehead atoms. The number of phenols is 1. The van der Waals surface area contributed by atoms with Gasteiger partial charge in [0.05, 0.1) is 17.7 Å². The molecule has 37 heavy (non-hydrogen) atoms. The lowest BCUT2D eigenvalue weighted by Crippen LogP contribution is -2.65. The summed E-state index contributed by atoms with van der Waals surface area (Å²) in [5, 5.41) is 52.9. The molecule has 1 fully saturated rings. The number of hydrogen-bond acceptors (Lipinski definition) is 9. The van der Waals surface area contributed by atoms with Crippen LogP contribution in [-0.2, 0) is 20.8 Å². The fourth-order valence-electron chi connectivity index (χ4n) is 5.77. The van der Waals surface area contributed by atoms with E-state index in [9.17, 15) is 34.8 Å². The van der Waals surface area contributed by atoms with Crippen molar-refractivity contribution < 1.29 is 34.8 Å². The number of aliphatic hydroxyl groups excluding tert-OH is 2. The maximum atomic E-state index is 13.8. The van der Waals surface area contributed by atoms with Gasteiger partial charge in [-0.15, -0.1) is 0 Å². The summed E-state index contributed by atoms with van der Waals surface area (Å²) in [6, 6.07) is 3.85. The highest BCUT2D eigenvalue weighted by Gasteiger charge is 2.64. The largest absolute Gasteiger partial charge is 0.508 e. The molecule has 0 heterocycles. The van der Waals surface area contributed by atoms with Crippen LogP contribution in [0.15, 0.2) is 29.0 Å². The van der Waals surface area contributed by atoms with E-state index in [0.29, 0.717) is 30.4 Å². The molecule has 0 saturated heterocycles. The molecule has 10 nitrogen and oxygen atoms in total. The summed E-state index contributed by atoms with van der Waals surface area (Å²) in [7, 11) is 3.09. The standard InChI is InChI=1S/C27H27N3O7/c1-30(2)21-16-12-14-11-15-13(7-5-3-4-6-10-28)8-9-17(31)19(15)22(32)18(14)24(34)27(16,37)25(35)20(23(21)33)26(29)36/h8-9,14,16,21,31-32,35,37H,3-4,6,11-12H2,1-2H3,(H2,29,36)/t14?,16?,21-,27-/m0/s1. The Kier molecular flexibility index (Phi) is 6.59. The molecule has 4 rings (SSSR count). The predicted molar refractivity (Wildman–Crippen MR) is 131 cm³/mol. The average molecular weight is 506 g/mol. The SMILES string of the molecule is CN(C)[C@@H]1C(=O)C(C(N)=O)=C(O)[C@@]2(O)C(=O)C3=C(O)c4c(O)ccc(C#CCCCC#N)c4CC3CC12. The molecule has 4 atom stereocenters. The van der Waals surface area contributed by atoms with Gasteiger partial charge in [-0.1, -0.05) is 11.8 Å². The summed E-state index contributed by atoms with van der Waals surface area (Å²) in [6.07, 6.45) is 1.63. The van der Waals surface area contributed by atoms with Crippen molar-refractivity contribution in [2.45, 2.75) is 43.7 Å². The van der Waals surface area contributed by atoms with E-state index in [1.807, 2.05) is 0 Å². The maximum absolute atomic E-state index is 13.8. The molecule has 1 aromatic carbocycles. The van der Waals surface area contributed by atoms with Gasteiger partial charge in [0.25, 0.3) is 5.91 Å². The number of carbonyl (C=O) groups excluding carboxylic acids is 3. The van der Waals surface area contributed by atoms with Crippen LogP contribution in [0.2, 0.25) is 0 Å². The molecule has 1 saturated carbocycles. The van der Waals surface area contributed by atoms with Crippen LogP contribution in [0.25, 0.3) is 5.76 Å². The number of phenolic OH excluding ortho intramolecular Hbond substituents is 1. The summed E-state index contributed by atoms with van der Waals surface area (Å²) in [4.78, 5) is 40.4. The lowest BCUT2D eigenvalue weighted by molar-refractivity contribution is -0.153. The first-order chi connectivity index (χ1) is 17.5. The molecular weight excluding hydrogens is 478 g/mol. The van der Waals surface area contributed by atoms with Gasteiger partial charge in [-0.2, -0.15) is 5.26 Å². The summed E-state index contributed by atoms with van der Waals surface area (Å²) < 4.78 is 0. The van der Waals surface area contributed by atoms with Crippen molar-refractivity contribution in [1.82, 2.24) is 4.90 Å². The second-order valence-corrected chi connectivity index (χ2v) is 9.76. The summed E-state index contributed by atoms with van der Waals surface area (Å²) >= 11 is 0. The van der Waals surface area contributed by atoms with Crippen LogP contribution in [0.1, 0.15) is 42.4 Å². The highest BCUT2D eigenvalue weighted by molar-refractivity contribution is 6.24. The lowest BCUT2D eigenvalue weighted by Gasteiger charge is -2.50. The molecule has 0 radical (unpaired) electrons. The van der Waals surface area contributed by atoms with Crippen molar-refractivity contribution in [1.29, 1.82) is 5.26 Å². The number of hydrogen-bond donors (Lipinski definition) is 5. The maximum Gasteiger partial charge on any atom is 0.255 e. The molecule has 6 N–H and O–H groups in total. The third kappa shape index (κ3) is 3.86. The lowest BCUT2D eigenvalue weighted by atomic mass is 9.57. The number of Topliss-reactive ketones (excluding diaryl/α,β-unsaturated/α-hetero) is 2. The van der Waals surface area contributed by atoms with Crippen molar-refractivity contribution in [3.63, 3.8) is 0 Å². The van der Waals surface area contributed by atoms with Gasteiger partial charge in [0.15, 0.2) is 11.4 Å². The van der Waals surface area contributed by atoms with E-state index in [1.165, 1.54) is 11.0 Å². The predicted octanol–water partition coefficient (Wildman–Crippen LogP) is 1.01. The van der Waals surface area contributed by atoms with Crippen LogP contribution in [0.3, 0.4) is 0 Å². The van der Waals surface area contributed by atoms with Crippen molar-refractivity contribution in [3.8, 4) is 23.7 Å². The average Bonchev–Trinajstić information content (AvgIpc) is 2.82. The van der Waals surface area contributed by atoms with E-state index in [-0.39, 0.29) is 29.7 Å². The van der Waals surface area contributed by atoms with E-state index in [0.717, 1.165) is 0 Å². The van der Waals surface area contributed by atoms with Gasteiger partial charge in [-0.3, -0.25) is 19.3 Å². The normalized spacial score (nSPS) is 26.6. The van der Waals surface area contributed by atoms with Crippen LogP contribution >= 0.6 is 0 Å². The second kappa shape index (κ2) is 9.40. The number of primary amides is 1. The molecule has 2 unspecified atom stereocenters. The first-order valence-corrected chi connectivity index (χ1v) is 11.8. The molecule has 3 aliphatic carbocycles. The minimum absolute atomic E-state index is 0.000106. The summed E-state index contributed by atoms with van der Waals surface area (Å²) in [5.41, 5.74) is 2.64. The molecule has 10 heteroatoms. The highest BCUT2D eigenvalue weighted by Crippen LogP contribution is 2.52. The van der Waals surface area contributed by atoms with Crippen LogP contribution in [0.4, 0.5) is 0 Å². The summed E-state index contributed by atoms with van der Waals surface area (Å²) in [6.45, 7) is 0. The number of fused-ring (bicyclic) bond motifs is 3. The van der Waals surface area contributed by atoms with Crippen LogP contribution in [0.5, 0.6) is 5.75 Å². The fraction of sp³-hybridized carbons (Fsp3) is 0.407. The Bertz CT molecular complexity index is 1390. The molecule has 1 amide bonds. The number of likely N-dealkylation sites (N-methyl/N-ethyl adjacent to an activating group) is 1. The number of rotatable bonds is 4. The smallest absolute Gasteiger partial charge is 0.255 e. The monoisotopic (exact) mass is 505 g/mol. The van der Waals surface area contributed by atoms with Gasteiger partial charge < -0.3 is 26.2 Å². The number of benzene rings is 1. The zero-order chi connectivity index (χ0) is 27.2. The summed E-state index contributed by atoms with van der Waals surface area (Å²) in [5.74, 6) is -0.909. The van der Waals surface area contributed by atoms with Crippen LogP contribution in [0, 0.1) is 35.0 Å². The zero-order valence-electron chi connectivity index (χ0n) is 20.4.